The van der Waals surface area contributed by atoms with Crippen molar-refractivity contribution in [3.05, 3.63) is 35.9 Å². The summed E-state index contributed by atoms with van der Waals surface area (Å²) in [6.45, 7) is 9.20. The maximum Gasteiger partial charge on any atom is 0.528 e. The number of benzene rings is 1. The lowest BCUT2D eigenvalue weighted by molar-refractivity contribution is -0.232. The quantitative estimate of drug-likeness (QED) is 0.792. The van der Waals surface area contributed by atoms with Crippen molar-refractivity contribution in [3.63, 3.8) is 0 Å². The first-order valence-electron chi connectivity index (χ1n) is 8.45. The van der Waals surface area contributed by atoms with E-state index in [1.54, 1.807) is 5.06 Å². The highest BCUT2D eigenvalue weighted by molar-refractivity contribution is 5.60. The first-order valence-corrected chi connectivity index (χ1v) is 8.45. The van der Waals surface area contributed by atoms with Crippen LogP contribution < -0.4 is 0 Å². The van der Waals surface area contributed by atoms with Crippen molar-refractivity contribution in [1.29, 1.82) is 0 Å². The molecule has 2 heterocycles. The highest BCUT2D eigenvalue weighted by Crippen LogP contribution is 2.21. The van der Waals surface area contributed by atoms with E-state index in [1.807, 2.05) is 26.8 Å². The Bertz CT molecular complexity index is 544. The van der Waals surface area contributed by atoms with Crippen molar-refractivity contribution < 1.29 is 19.1 Å². The largest absolute Gasteiger partial charge is 0.528 e. The van der Waals surface area contributed by atoms with Crippen LogP contribution in [-0.2, 0) is 20.9 Å². The Morgan fingerprint density at radius 3 is 2.33 bits per heavy atom. The van der Waals surface area contributed by atoms with Crippen LogP contribution in [0.5, 0.6) is 0 Å². The van der Waals surface area contributed by atoms with Crippen LogP contribution in [0.4, 0.5) is 4.79 Å². The van der Waals surface area contributed by atoms with Gasteiger partial charge < -0.3 is 14.3 Å². The zero-order chi connectivity index (χ0) is 17.2. The number of carbonyl (C=O) groups excluding carboxylic acids is 1. The first-order chi connectivity index (χ1) is 11.4. The molecule has 6 heteroatoms. The molecule has 2 aliphatic rings. The van der Waals surface area contributed by atoms with E-state index in [9.17, 15) is 4.79 Å². The Balaban J connectivity index is 1.51. The van der Waals surface area contributed by atoms with Crippen LogP contribution in [0.15, 0.2) is 30.3 Å². The van der Waals surface area contributed by atoms with Crippen LogP contribution >= 0.6 is 0 Å². The number of rotatable bonds is 3. The summed E-state index contributed by atoms with van der Waals surface area (Å²) in [5.41, 5.74) is 0.755. The third kappa shape index (κ3) is 4.93. The molecule has 132 valence electrons. The summed E-state index contributed by atoms with van der Waals surface area (Å²) in [5, 5.41) is 1.67. The third-order valence-electron chi connectivity index (χ3n) is 3.97. The fourth-order valence-corrected chi connectivity index (χ4v) is 3.16. The van der Waals surface area contributed by atoms with Crippen molar-refractivity contribution in [1.82, 2.24) is 9.96 Å². The first kappa shape index (κ1) is 17.2. The zero-order valence-electron chi connectivity index (χ0n) is 14.6. The van der Waals surface area contributed by atoms with E-state index in [1.165, 1.54) is 5.56 Å². The van der Waals surface area contributed by atoms with Gasteiger partial charge in [-0.15, -0.1) is 5.06 Å². The second-order valence-corrected chi connectivity index (χ2v) is 7.46. The molecule has 2 aliphatic heterocycles. The number of carbonyl (C=O) groups is 1. The summed E-state index contributed by atoms with van der Waals surface area (Å²) in [5.74, 6) is 0. The predicted molar refractivity (Wildman–Crippen MR) is 89.3 cm³/mol. The lowest BCUT2D eigenvalue weighted by Gasteiger charge is -2.44. The number of nitrogens with zero attached hydrogens (tertiary/aromatic N) is 2. The molecule has 0 radical (unpaired) electrons. The van der Waals surface area contributed by atoms with E-state index in [-0.39, 0.29) is 12.2 Å². The molecule has 6 nitrogen and oxygen atoms in total. The van der Waals surface area contributed by atoms with Crippen molar-refractivity contribution in [2.75, 3.05) is 26.2 Å². The molecule has 1 aromatic rings. The van der Waals surface area contributed by atoms with Gasteiger partial charge in [-0.25, -0.2) is 4.79 Å². The van der Waals surface area contributed by atoms with Gasteiger partial charge in [-0.2, -0.15) is 0 Å². The fourth-order valence-electron chi connectivity index (χ4n) is 3.16. The minimum Gasteiger partial charge on any atom is -0.427 e. The summed E-state index contributed by atoms with van der Waals surface area (Å²) in [4.78, 5) is 19.5. The predicted octanol–water partition coefficient (Wildman–Crippen LogP) is 2.44. The third-order valence-corrected chi connectivity index (χ3v) is 3.97. The molecular weight excluding hydrogens is 308 g/mol. The standard InChI is InChI=1S/C18H26N2O4/c1-18(2,3)23-17(21)24-20-12-15-10-19(11-16(13-20)22-15)9-14-7-5-4-6-8-14/h4-8,15-16H,9-13H2,1-3H3. The molecule has 2 saturated heterocycles. The second-order valence-electron chi connectivity index (χ2n) is 7.46. The molecule has 2 fully saturated rings. The fraction of sp³-hybridized carbons (Fsp3) is 0.611. The van der Waals surface area contributed by atoms with E-state index in [2.05, 4.69) is 29.2 Å². The molecule has 0 spiro atoms. The SMILES string of the molecule is CC(C)(C)OC(=O)ON1CC2CN(Cc3ccccc3)CC(C1)O2. The Kier molecular flexibility index (Phi) is 5.08. The molecule has 0 saturated carbocycles. The molecule has 2 unspecified atom stereocenters. The Morgan fingerprint density at radius 1 is 1.12 bits per heavy atom. The minimum atomic E-state index is -0.649. The number of hydroxylamine groups is 2. The molecule has 2 atom stereocenters. The van der Waals surface area contributed by atoms with Crippen LogP contribution in [-0.4, -0.2) is 60.1 Å². The minimum absolute atomic E-state index is 0.0450. The maximum atomic E-state index is 11.8. The summed E-state index contributed by atoms with van der Waals surface area (Å²) < 4.78 is 11.2. The van der Waals surface area contributed by atoms with E-state index < -0.39 is 11.8 Å². The molecule has 1 aromatic carbocycles. The van der Waals surface area contributed by atoms with Crippen molar-refractivity contribution in [2.24, 2.45) is 0 Å². The van der Waals surface area contributed by atoms with E-state index in [0.717, 1.165) is 19.6 Å². The molecule has 0 aromatic heterocycles. The number of morpholine rings is 2. The monoisotopic (exact) mass is 334 g/mol. The number of fused-ring (bicyclic) bond motifs is 2. The molecule has 0 amide bonds. The molecular formula is C18H26N2O4. The van der Waals surface area contributed by atoms with Crippen molar-refractivity contribution in [3.8, 4) is 0 Å². The van der Waals surface area contributed by atoms with Gasteiger partial charge in [0, 0.05) is 19.6 Å². The van der Waals surface area contributed by atoms with E-state index >= 15 is 0 Å². The van der Waals surface area contributed by atoms with Crippen molar-refractivity contribution >= 4 is 6.16 Å². The Hall–Kier alpha value is -1.63. The molecule has 0 aliphatic carbocycles. The van der Waals surface area contributed by atoms with Gasteiger partial charge in [-0.05, 0) is 26.3 Å². The van der Waals surface area contributed by atoms with Gasteiger partial charge in [0.15, 0.2) is 0 Å². The Labute approximate surface area is 143 Å². The van der Waals surface area contributed by atoms with Gasteiger partial charge in [0.2, 0.25) is 0 Å². The van der Waals surface area contributed by atoms with Gasteiger partial charge in [-0.3, -0.25) is 4.90 Å². The molecule has 2 bridgehead atoms. The topological polar surface area (TPSA) is 51.2 Å². The summed E-state index contributed by atoms with van der Waals surface area (Å²) in [7, 11) is 0. The van der Waals surface area contributed by atoms with Gasteiger partial charge in [-0.1, -0.05) is 30.3 Å². The highest BCUT2D eigenvalue weighted by atomic mass is 16.8. The average molecular weight is 334 g/mol. The lowest BCUT2D eigenvalue weighted by Crippen LogP contribution is -2.59. The number of hydrogen-bond acceptors (Lipinski definition) is 6. The van der Waals surface area contributed by atoms with Gasteiger partial charge in [0.25, 0.3) is 0 Å². The van der Waals surface area contributed by atoms with Crippen molar-refractivity contribution in [2.45, 2.75) is 45.1 Å². The Morgan fingerprint density at radius 2 is 1.75 bits per heavy atom. The second kappa shape index (κ2) is 7.09. The maximum absolute atomic E-state index is 11.8. The molecule has 3 rings (SSSR count). The molecule has 24 heavy (non-hydrogen) atoms. The van der Waals surface area contributed by atoms with Crippen LogP contribution in [0.25, 0.3) is 0 Å². The van der Waals surface area contributed by atoms with Gasteiger partial charge in [0.05, 0.1) is 25.3 Å². The van der Waals surface area contributed by atoms with Gasteiger partial charge >= 0.3 is 6.16 Å². The number of ether oxygens (including phenoxy) is 2. The summed E-state index contributed by atoms with van der Waals surface area (Å²) >= 11 is 0. The van der Waals surface area contributed by atoms with E-state index in [4.69, 9.17) is 14.3 Å². The van der Waals surface area contributed by atoms with Crippen LogP contribution in [0, 0.1) is 0 Å². The van der Waals surface area contributed by atoms with Crippen LogP contribution in [0.1, 0.15) is 26.3 Å². The molecule has 0 N–H and O–H groups in total. The zero-order valence-corrected chi connectivity index (χ0v) is 14.6. The van der Waals surface area contributed by atoms with E-state index in [0.29, 0.717) is 13.1 Å². The van der Waals surface area contributed by atoms with Crippen LogP contribution in [0.2, 0.25) is 0 Å². The number of hydrogen-bond donors (Lipinski definition) is 0. The summed E-state index contributed by atoms with van der Waals surface area (Å²) in [6.07, 6.45) is -0.559. The highest BCUT2D eigenvalue weighted by Gasteiger charge is 2.37. The van der Waals surface area contributed by atoms with Gasteiger partial charge in [0.1, 0.15) is 5.60 Å². The van der Waals surface area contributed by atoms with Crippen LogP contribution in [0.3, 0.4) is 0 Å². The lowest BCUT2D eigenvalue weighted by atomic mass is 10.1. The normalized spacial score (nSPS) is 25.3. The smallest absolute Gasteiger partial charge is 0.427 e. The summed E-state index contributed by atoms with van der Waals surface area (Å²) in [6, 6.07) is 10.4. The average Bonchev–Trinajstić information content (AvgIpc) is 2.45.